The van der Waals surface area contributed by atoms with E-state index in [0.29, 0.717) is 17.2 Å². The minimum Gasteiger partial charge on any atom is -0.382 e. The van der Waals surface area contributed by atoms with E-state index >= 15 is 0 Å². The van der Waals surface area contributed by atoms with Crippen molar-refractivity contribution in [2.24, 2.45) is 0 Å². The zero-order chi connectivity index (χ0) is 13.0. The lowest BCUT2D eigenvalue weighted by atomic mass is 10.4. The van der Waals surface area contributed by atoms with E-state index in [-0.39, 0.29) is 5.91 Å². The number of hydrogen-bond acceptors (Lipinski definition) is 5. The summed E-state index contributed by atoms with van der Waals surface area (Å²) in [6, 6.07) is 0. The Hall–Kier alpha value is -1.30. The summed E-state index contributed by atoms with van der Waals surface area (Å²) < 4.78 is 0. The number of hydrogen-bond donors (Lipinski definition) is 1. The highest BCUT2D eigenvalue weighted by atomic mass is 32.1. The average molecular weight is 256 g/mol. The zero-order valence-electron chi connectivity index (χ0n) is 10.9. The number of anilines is 2. The fraction of sp³-hybridized carbons (Fsp3) is 0.636. The summed E-state index contributed by atoms with van der Waals surface area (Å²) in [7, 11) is 1.76. The molecular formula is C11H20N4OS. The first-order valence-electron chi connectivity index (χ1n) is 5.81. The van der Waals surface area contributed by atoms with Gasteiger partial charge in [0.1, 0.15) is 10.7 Å². The Morgan fingerprint density at radius 3 is 2.35 bits per heavy atom. The van der Waals surface area contributed by atoms with Crippen LogP contribution in [-0.2, 0) is 0 Å². The van der Waals surface area contributed by atoms with Crippen molar-refractivity contribution in [2.75, 3.05) is 37.3 Å². The third-order valence-electron chi connectivity index (χ3n) is 2.69. The summed E-state index contributed by atoms with van der Waals surface area (Å²) in [5.41, 5.74) is 5.81. The molecule has 2 N–H and O–H groups in total. The molecule has 0 radical (unpaired) electrons. The molecule has 1 aromatic heterocycles. The molecule has 0 aliphatic carbocycles. The third-order valence-corrected chi connectivity index (χ3v) is 3.81. The lowest BCUT2D eigenvalue weighted by Gasteiger charge is -2.16. The maximum atomic E-state index is 12.0. The first-order chi connectivity index (χ1) is 8.04. The van der Waals surface area contributed by atoms with Gasteiger partial charge < -0.3 is 15.5 Å². The van der Waals surface area contributed by atoms with Crippen LogP contribution >= 0.6 is 11.3 Å². The van der Waals surface area contributed by atoms with Crippen molar-refractivity contribution in [1.29, 1.82) is 0 Å². The first kappa shape index (κ1) is 13.8. The number of nitrogen functional groups attached to an aromatic ring is 1. The largest absolute Gasteiger partial charge is 0.382 e. The monoisotopic (exact) mass is 256 g/mol. The van der Waals surface area contributed by atoms with Crippen LogP contribution in [-0.4, -0.2) is 42.5 Å². The van der Waals surface area contributed by atoms with Crippen molar-refractivity contribution in [2.45, 2.75) is 20.8 Å². The van der Waals surface area contributed by atoms with Crippen LogP contribution in [0.2, 0.25) is 0 Å². The van der Waals surface area contributed by atoms with Crippen LogP contribution in [0, 0.1) is 0 Å². The topological polar surface area (TPSA) is 62.5 Å². The molecule has 0 aromatic carbocycles. The minimum absolute atomic E-state index is 0.0547. The number of carbonyl (C=O) groups is 1. The normalized spacial score (nSPS) is 10.4. The van der Waals surface area contributed by atoms with Gasteiger partial charge in [0.05, 0.1) is 0 Å². The van der Waals surface area contributed by atoms with Gasteiger partial charge in [0, 0.05) is 26.7 Å². The third kappa shape index (κ3) is 2.88. The molecule has 0 aliphatic rings. The van der Waals surface area contributed by atoms with Crippen LogP contribution < -0.4 is 10.6 Å². The molecule has 0 atom stereocenters. The molecule has 0 unspecified atom stereocenters. The van der Waals surface area contributed by atoms with Gasteiger partial charge in [-0.25, -0.2) is 4.98 Å². The summed E-state index contributed by atoms with van der Waals surface area (Å²) in [5.74, 6) is 0.281. The van der Waals surface area contributed by atoms with E-state index in [4.69, 9.17) is 5.73 Å². The van der Waals surface area contributed by atoms with Crippen LogP contribution in [0.1, 0.15) is 30.4 Å². The summed E-state index contributed by atoms with van der Waals surface area (Å²) >= 11 is 1.37. The molecule has 0 spiro atoms. The zero-order valence-corrected chi connectivity index (χ0v) is 11.7. The van der Waals surface area contributed by atoms with Gasteiger partial charge in [-0.15, -0.1) is 0 Å². The highest BCUT2D eigenvalue weighted by Crippen LogP contribution is 2.28. The van der Waals surface area contributed by atoms with Crippen molar-refractivity contribution in [1.82, 2.24) is 9.88 Å². The SMILES string of the molecule is CCN(C)C(=O)c1sc(N(CC)CC)nc1N. The van der Waals surface area contributed by atoms with Gasteiger partial charge in [-0.2, -0.15) is 0 Å². The predicted molar refractivity (Wildman–Crippen MR) is 72.7 cm³/mol. The van der Waals surface area contributed by atoms with E-state index in [1.165, 1.54) is 11.3 Å². The quantitative estimate of drug-likeness (QED) is 0.870. The standard InChI is InChI=1S/C11H20N4OS/c1-5-14(4)10(16)8-9(12)13-11(17-8)15(6-2)7-3/h5-7,12H2,1-4H3. The fourth-order valence-electron chi connectivity index (χ4n) is 1.42. The summed E-state index contributed by atoms with van der Waals surface area (Å²) in [4.78, 5) is 20.5. The predicted octanol–water partition coefficient (Wildman–Crippen LogP) is 1.66. The number of aromatic nitrogens is 1. The number of carbonyl (C=O) groups excluding carboxylic acids is 1. The molecule has 6 heteroatoms. The molecule has 5 nitrogen and oxygen atoms in total. The second kappa shape index (κ2) is 5.86. The van der Waals surface area contributed by atoms with Gasteiger partial charge in [0.25, 0.3) is 5.91 Å². The first-order valence-corrected chi connectivity index (χ1v) is 6.63. The van der Waals surface area contributed by atoms with Crippen LogP contribution in [0.15, 0.2) is 0 Å². The highest BCUT2D eigenvalue weighted by molar-refractivity contribution is 7.18. The van der Waals surface area contributed by atoms with Gasteiger partial charge in [0.2, 0.25) is 0 Å². The summed E-state index contributed by atoms with van der Waals surface area (Å²) in [6.45, 7) is 8.43. The van der Waals surface area contributed by atoms with Crippen molar-refractivity contribution in [3.05, 3.63) is 4.88 Å². The van der Waals surface area contributed by atoms with E-state index in [9.17, 15) is 4.79 Å². The van der Waals surface area contributed by atoms with Gasteiger partial charge >= 0.3 is 0 Å². The van der Waals surface area contributed by atoms with Gasteiger partial charge in [-0.05, 0) is 20.8 Å². The number of nitrogens with two attached hydrogens (primary N) is 1. The second-order valence-corrected chi connectivity index (χ2v) is 4.68. The van der Waals surface area contributed by atoms with Crippen LogP contribution in [0.25, 0.3) is 0 Å². The van der Waals surface area contributed by atoms with E-state index in [2.05, 4.69) is 23.7 Å². The number of thiazole rings is 1. The van der Waals surface area contributed by atoms with E-state index in [0.717, 1.165) is 18.2 Å². The molecule has 1 rings (SSSR count). The van der Waals surface area contributed by atoms with Crippen molar-refractivity contribution in [3.63, 3.8) is 0 Å². The van der Waals surface area contributed by atoms with Crippen molar-refractivity contribution < 1.29 is 4.79 Å². The minimum atomic E-state index is -0.0547. The van der Waals surface area contributed by atoms with Crippen molar-refractivity contribution >= 4 is 28.2 Å². The molecule has 1 aromatic rings. The lowest BCUT2D eigenvalue weighted by Crippen LogP contribution is -2.26. The number of nitrogens with zero attached hydrogens (tertiary/aromatic N) is 3. The summed E-state index contributed by atoms with van der Waals surface area (Å²) in [6.07, 6.45) is 0. The van der Waals surface area contributed by atoms with Gasteiger partial charge in [0.15, 0.2) is 5.13 Å². The van der Waals surface area contributed by atoms with E-state index in [1.807, 2.05) is 6.92 Å². The van der Waals surface area contributed by atoms with E-state index < -0.39 is 0 Å². The maximum Gasteiger partial charge on any atom is 0.267 e. The second-order valence-electron chi connectivity index (χ2n) is 3.70. The molecule has 1 amide bonds. The number of amides is 1. The molecule has 0 fully saturated rings. The van der Waals surface area contributed by atoms with E-state index in [1.54, 1.807) is 11.9 Å². The summed E-state index contributed by atoms with van der Waals surface area (Å²) in [5, 5.41) is 0.820. The molecule has 1 heterocycles. The fourth-order valence-corrected chi connectivity index (χ4v) is 2.53. The van der Waals surface area contributed by atoms with Crippen LogP contribution in [0.3, 0.4) is 0 Å². The van der Waals surface area contributed by atoms with Gasteiger partial charge in [-0.3, -0.25) is 4.79 Å². The maximum absolute atomic E-state index is 12.0. The molecule has 0 bridgehead atoms. The Morgan fingerprint density at radius 2 is 1.88 bits per heavy atom. The highest BCUT2D eigenvalue weighted by Gasteiger charge is 2.20. The Bertz CT molecular complexity index is 387. The molecule has 0 saturated heterocycles. The lowest BCUT2D eigenvalue weighted by molar-refractivity contribution is 0.0808. The molecule has 0 saturated carbocycles. The van der Waals surface area contributed by atoms with Crippen LogP contribution in [0.4, 0.5) is 10.9 Å². The van der Waals surface area contributed by atoms with Crippen LogP contribution in [0.5, 0.6) is 0 Å². The Morgan fingerprint density at radius 1 is 1.29 bits per heavy atom. The Balaban J connectivity index is 2.99. The van der Waals surface area contributed by atoms with Crippen molar-refractivity contribution in [3.8, 4) is 0 Å². The number of rotatable bonds is 5. The molecule has 0 aliphatic heterocycles. The smallest absolute Gasteiger partial charge is 0.267 e. The Kier molecular flexibility index (Phi) is 4.74. The average Bonchev–Trinajstić information content (AvgIpc) is 2.71. The molecule has 17 heavy (non-hydrogen) atoms. The molecular weight excluding hydrogens is 236 g/mol. The Labute approximate surface area is 106 Å². The molecule has 96 valence electrons. The van der Waals surface area contributed by atoms with Gasteiger partial charge in [-0.1, -0.05) is 11.3 Å².